The van der Waals surface area contributed by atoms with Crippen LogP contribution in [0, 0.1) is 11.8 Å². The van der Waals surface area contributed by atoms with Crippen LogP contribution >= 0.6 is 20.6 Å². The number of nitrogens with zero attached hydrogens (tertiary/aromatic N) is 2. The van der Waals surface area contributed by atoms with Gasteiger partial charge in [0.2, 0.25) is 37.9 Å². The molecule has 0 spiro atoms. The number of amides is 6. The number of nitrogens with one attached hydrogen (secondary N) is 3. The molecule has 91 heavy (non-hydrogen) atoms. The van der Waals surface area contributed by atoms with Crippen LogP contribution in [0.5, 0.6) is 5.75 Å². The number of hydrogen-bond acceptors (Lipinski definition) is 12. The summed E-state index contributed by atoms with van der Waals surface area (Å²) in [4.78, 5) is 94.1. The molecule has 10 atom stereocenters. The van der Waals surface area contributed by atoms with Crippen molar-refractivity contribution in [3.63, 3.8) is 0 Å². The minimum absolute atomic E-state index is 0.0159. The van der Waals surface area contributed by atoms with E-state index in [2.05, 4.69) is 159 Å². The molecule has 1 unspecified atom stereocenters. The smallest absolute Gasteiger partial charge is 0.408 e. The van der Waals surface area contributed by atoms with E-state index in [-0.39, 0.29) is 58.3 Å². The van der Waals surface area contributed by atoms with E-state index in [1.165, 1.54) is 9.80 Å². The Bertz CT molecular complexity index is 2820. The van der Waals surface area contributed by atoms with Gasteiger partial charge in [0.1, 0.15) is 54.8 Å². The van der Waals surface area contributed by atoms with Crippen molar-refractivity contribution in [2.75, 3.05) is 38.1 Å². The quantitative estimate of drug-likeness (QED) is 0.0681. The molecule has 2 aromatic carbocycles. The van der Waals surface area contributed by atoms with Crippen LogP contribution in [0.25, 0.3) is 0 Å². The Kier molecular flexibility index (Phi) is 25.8. The van der Waals surface area contributed by atoms with Crippen LogP contribution in [0.3, 0.4) is 0 Å². The predicted octanol–water partition coefficient (Wildman–Crippen LogP) is 12.6. The molecule has 2 aliphatic rings. The van der Waals surface area contributed by atoms with E-state index >= 15 is 19.2 Å². The highest BCUT2D eigenvalue weighted by Crippen LogP contribution is 2.57. The molecule has 2 heterocycles. The highest BCUT2D eigenvalue weighted by Gasteiger charge is 2.54. The van der Waals surface area contributed by atoms with Gasteiger partial charge < -0.3 is 57.9 Å². The molecule has 6 amide bonds. The average molecular weight is 1360 g/mol. The number of nitrogens with two attached hydrogens (primary N) is 1. The first-order chi connectivity index (χ1) is 41.1. The van der Waals surface area contributed by atoms with Crippen LogP contribution < -0.4 is 26.1 Å². The summed E-state index contributed by atoms with van der Waals surface area (Å²) >= 11 is 0. The lowest BCUT2D eigenvalue weighted by atomic mass is 9.99. The molecule has 2 saturated heterocycles. The number of carbonyl (C=O) groups is 6. The molecule has 18 nitrogen and oxygen atoms in total. The first kappa shape index (κ1) is 79.5. The maximum Gasteiger partial charge on any atom is 0.408 e. The lowest BCUT2D eigenvalue weighted by Crippen LogP contribution is -2.65. The van der Waals surface area contributed by atoms with Gasteiger partial charge in [-0.3, -0.25) is 24.0 Å². The first-order valence-electron chi connectivity index (χ1n) is 32.5. The van der Waals surface area contributed by atoms with Gasteiger partial charge in [-0.05, 0) is 116 Å². The second kappa shape index (κ2) is 29.6. The van der Waals surface area contributed by atoms with Gasteiger partial charge in [-0.1, -0.05) is 167 Å². The largest absolute Gasteiger partial charge is 0.544 e. The first-order valence-corrected chi connectivity index (χ1v) is 46.0. The molecule has 23 heteroatoms. The fourth-order valence-corrected chi connectivity index (χ4v) is 15.8. The van der Waals surface area contributed by atoms with E-state index in [1.807, 2.05) is 100 Å². The molecule has 2 aliphatic heterocycles. The third kappa shape index (κ3) is 20.3. The van der Waals surface area contributed by atoms with Crippen molar-refractivity contribution in [3.8, 4) is 5.75 Å². The van der Waals surface area contributed by atoms with Crippen LogP contribution in [-0.2, 0) is 59.0 Å². The number of alkyl carbamates (subject to hydrolysis) is 1. The van der Waals surface area contributed by atoms with E-state index in [1.54, 1.807) is 6.92 Å². The summed E-state index contributed by atoms with van der Waals surface area (Å²) in [5, 5.41) is 8.52. The number of primary amides is 1. The molecule has 520 valence electrons. The van der Waals surface area contributed by atoms with Gasteiger partial charge in [-0.15, -0.1) is 20.6 Å². The topological polar surface area (TPSA) is 226 Å². The second-order valence-corrected chi connectivity index (χ2v) is 55.1. The lowest BCUT2D eigenvalue weighted by Gasteiger charge is -2.47. The van der Waals surface area contributed by atoms with Crippen LogP contribution in [0.2, 0.25) is 54.4 Å². The van der Waals surface area contributed by atoms with Crippen LogP contribution in [0.4, 0.5) is 4.79 Å². The maximum absolute atomic E-state index is 16.4. The van der Waals surface area contributed by atoms with Gasteiger partial charge >= 0.3 is 6.09 Å². The number of hydrogen-bond donors (Lipinski definition) is 4. The van der Waals surface area contributed by atoms with Gasteiger partial charge in [0.05, 0.1) is 12.2 Å². The molecule has 5 N–H and O–H groups in total. The Morgan fingerprint density at radius 1 is 0.626 bits per heavy atom. The summed E-state index contributed by atoms with van der Waals surface area (Å²) in [6, 6.07) is 10.4. The van der Waals surface area contributed by atoms with Gasteiger partial charge in [-0.2, -0.15) is 0 Å². The molecule has 2 aromatic rings. The average Bonchev–Trinajstić information content (AvgIpc) is 1.69. The Morgan fingerprint density at radius 3 is 1.63 bits per heavy atom. The minimum atomic E-state index is -2.73. The number of rotatable bonds is 25. The molecule has 2 fully saturated rings. The Hall–Kier alpha value is -3.95. The van der Waals surface area contributed by atoms with Crippen molar-refractivity contribution in [1.29, 1.82) is 0 Å². The third-order valence-corrected chi connectivity index (χ3v) is 41.1. The highest BCUT2D eigenvalue weighted by atomic mass is 32.3. The Balaban J connectivity index is 2.01. The summed E-state index contributed by atoms with van der Waals surface area (Å²) in [5.41, 5.74) is 7.86. The zero-order valence-corrected chi connectivity index (χ0v) is 65.9. The summed E-state index contributed by atoms with van der Waals surface area (Å²) in [6.45, 7) is 51.8. The Labute approximate surface area is 555 Å². The molecular formula is C68H122N6O12S2Si3. The van der Waals surface area contributed by atoms with Crippen molar-refractivity contribution in [2.45, 2.75) is 270 Å². The lowest BCUT2D eigenvalue weighted by molar-refractivity contribution is -0.145. The highest BCUT2D eigenvalue weighted by molar-refractivity contribution is 8.30. The van der Waals surface area contributed by atoms with E-state index in [0.717, 1.165) is 11.1 Å². The number of ether oxygens (including phenoxy) is 1. The van der Waals surface area contributed by atoms with Crippen molar-refractivity contribution in [1.82, 2.24) is 25.8 Å². The molecule has 0 saturated carbocycles. The van der Waals surface area contributed by atoms with Crippen molar-refractivity contribution >= 4 is 81.2 Å². The van der Waals surface area contributed by atoms with E-state index in [9.17, 15) is 9.59 Å². The van der Waals surface area contributed by atoms with E-state index < -0.39 is 146 Å². The monoisotopic (exact) mass is 1360 g/mol. The molecular weight excluding hydrogens is 1240 g/mol. The summed E-state index contributed by atoms with van der Waals surface area (Å²) in [6.07, 6.45) is 4.07. The number of likely N-dealkylation sites (tertiary alicyclic amines) is 2. The number of benzene rings is 2. The molecule has 0 bridgehead atoms. The normalized spacial score (nSPS) is 21.3. The maximum atomic E-state index is 16.4. The van der Waals surface area contributed by atoms with Gasteiger partial charge in [0.25, 0.3) is 0 Å². The van der Waals surface area contributed by atoms with Crippen LogP contribution in [0.1, 0.15) is 149 Å². The second-order valence-electron chi connectivity index (χ2n) is 33.1. The fourth-order valence-electron chi connectivity index (χ4n) is 9.80. The van der Waals surface area contributed by atoms with Gasteiger partial charge in [-0.25, -0.2) is 4.79 Å². The standard InChI is InChI=1S/C68H122N6O12S2Si3/c1-44(2)53(72-63(80)81-43-48-33-31-30-32-34-48)61(78)73-42-50(86-91(28,29)68(17,18)19)40-51(73)59(76)71-55(52(82-87(20,21)64(5,6)7)39-47-35-37-49(38-36-47)85-90(26,27)67(14,15)16)60(77)70-54(46(4)84-89(24,25)66(11,12)13)62(79)74-41-45(3)57(56(74)58(69)75)83-88(22,23)65(8,9)10/h30-38,44-46,50-57H,39-43H2,1-29H3,(H2,69,75)(H,70,77)(H,71,76)(H,72,80)/t45-,46?,50+,51-,52+,53-,54-,55-,56-,57-/m0/s1. The predicted molar refractivity (Wildman–Crippen MR) is 382 cm³/mol. The van der Waals surface area contributed by atoms with Crippen molar-refractivity contribution in [3.05, 3.63) is 65.7 Å². The molecule has 0 aliphatic carbocycles. The molecule has 4 rings (SSSR count). The molecule has 0 radical (unpaired) electrons. The van der Waals surface area contributed by atoms with E-state index in [4.69, 9.17) is 32.1 Å². The summed E-state index contributed by atoms with van der Waals surface area (Å²) in [7, 11) is -11.5. The molecule has 0 aromatic heterocycles. The zero-order chi connectivity index (χ0) is 70.0. The van der Waals surface area contributed by atoms with Gasteiger partial charge in [0.15, 0.2) is 16.6 Å². The zero-order valence-electron chi connectivity index (χ0n) is 61.3. The SMILES string of the molecule is CC(C)[C@H](NC(=O)OCc1ccccc1)C(=O)N1C[C@H](O[Si](C)(C)C(C)(C)C)C[C@H]1C(=O)N[C@H](C(=O)N[C@H](C(=O)N1C[C@H](C)[C@H](OS(C)(C)C(C)(C)C)[C@H]1C(N)=O)C(C)O[Si](C)(C)C(C)(C)C)[C@@H](Cc1ccc(O[Si](C)(C)C(C)(C)C)cc1)OS(C)(C)C(C)(C)C. The van der Waals surface area contributed by atoms with Crippen molar-refractivity contribution < 1.29 is 55.1 Å². The number of carbonyl (C=O) groups excluding carboxylic acids is 6. The fraction of sp³-hybridized carbons (Fsp3) is 0.735. The third-order valence-electron chi connectivity index (χ3n) is 20.3. The van der Waals surface area contributed by atoms with Crippen molar-refractivity contribution in [2.24, 2.45) is 17.6 Å². The van der Waals surface area contributed by atoms with Crippen LogP contribution in [-0.4, -0.2) is 173 Å². The van der Waals surface area contributed by atoms with E-state index in [0.29, 0.717) is 5.75 Å². The Morgan fingerprint density at radius 2 is 1.14 bits per heavy atom. The summed E-state index contributed by atoms with van der Waals surface area (Å²) < 4.78 is 40.0. The van der Waals surface area contributed by atoms with Gasteiger partial charge in [0, 0.05) is 41.3 Å². The van der Waals surface area contributed by atoms with Crippen LogP contribution in [0.15, 0.2) is 54.6 Å². The summed E-state index contributed by atoms with van der Waals surface area (Å²) in [5.74, 6) is -3.38. The minimum Gasteiger partial charge on any atom is -0.544 e.